The molecule has 1 aliphatic rings. The van der Waals surface area contributed by atoms with E-state index in [2.05, 4.69) is 0 Å². The zero-order valence-electron chi connectivity index (χ0n) is 11.2. The van der Waals surface area contributed by atoms with E-state index in [0.29, 0.717) is 5.84 Å². The second-order valence-electron chi connectivity index (χ2n) is 5.41. The minimum atomic E-state index is -0.688. The van der Waals surface area contributed by atoms with E-state index in [1.807, 2.05) is 58.0 Å². The Morgan fingerprint density at radius 3 is 2.00 bits per heavy atom. The standard InChI is InChI=1S/C13H18N2O2.Sc/c1-12(2)13(3,4)15(17)11(14(12)16)10-8-6-5-7-9-10;/h5-9,16H,1-4H3;. The maximum absolute atomic E-state index is 12.3. The van der Waals surface area contributed by atoms with Gasteiger partial charge in [-0.1, -0.05) is 18.2 Å². The monoisotopic (exact) mass is 279 g/mol. The van der Waals surface area contributed by atoms with E-state index in [1.165, 1.54) is 0 Å². The SMILES string of the molecule is CC1(C)N(O)C(c2ccccc2)=[N+]([O-])C1(C)C.[Sc]. The molecule has 95 valence electrons. The van der Waals surface area contributed by atoms with Gasteiger partial charge in [0, 0.05) is 25.8 Å². The first-order valence-corrected chi connectivity index (χ1v) is 5.69. The van der Waals surface area contributed by atoms with Crippen LogP contribution in [0.5, 0.6) is 0 Å². The minimum absolute atomic E-state index is 0. The van der Waals surface area contributed by atoms with Gasteiger partial charge in [0.2, 0.25) is 0 Å². The molecular formula is C13H18N2O2Sc. The molecular weight excluding hydrogens is 261 g/mol. The van der Waals surface area contributed by atoms with E-state index in [0.717, 1.165) is 15.4 Å². The van der Waals surface area contributed by atoms with Crippen LogP contribution in [0.3, 0.4) is 0 Å². The van der Waals surface area contributed by atoms with Gasteiger partial charge in [-0.3, -0.25) is 4.74 Å². The summed E-state index contributed by atoms with van der Waals surface area (Å²) in [5.74, 6) is 0.306. The third kappa shape index (κ3) is 1.93. The first kappa shape index (κ1) is 15.4. The summed E-state index contributed by atoms with van der Waals surface area (Å²) in [5, 5.41) is 23.6. The van der Waals surface area contributed by atoms with Crippen LogP contribution in [-0.4, -0.2) is 31.9 Å². The number of hydrogen-bond donors (Lipinski definition) is 1. The first-order chi connectivity index (χ1) is 7.80. The first-order valence-electron chi connectivity index (χ1n) is 5.69. The summed E-state index contributed by atoms with van der Waals surface area (Å²) >= 11 is 0. The van der Waals surface area contributed by atoms with E-state index in [-0.39, 0.29) is 25.8 Å². The molecule has 5 heteroatoms. The fraction of sp³-hybridized carbons (Fsp3) is 0.462. The van der Waals surface area contributed by atoms with Gasteiger partial charge < -0.3 is 5.21 Å². The second-order valence-corrected chi connectivity index (χ2v) is 5.41. The Balaban J connectivity index is 0.00000162. The molecule has 0 aliphatic carbocycles. The molecule has 1 N–H and O–H groups in total. The summed E-state index contributed by atoms with van der Waals surface area (Å²) in [6.07, 6.45) is 0. The molecule has 4 nitrogen and oxygen atoms in total. The van der Waals surface area contributed by atoms with Crippen molar-refractivity contribution in [2.75, 3.05) is 0 Å². The topological polar surface area (TPSA) is 49.5 Å². The summed E-state index contributed by atoms with van der Waals surface area (Å²) in [6, 6.07) is 9.22. The van der Waals surface area contributed by atoms with Crippen molar-refractivity contribution >= 4 is 5.84 Å². The summed E-state index contributed by atoms with van der Waals surface area (Å²) in [7, 11) is 0. The summed E-state index contributed by atoms with van der Waals surface area (Å²) < 4.78 is 0.891. The van der Waals surface area contributed by atoms with Crippen LogP contribution >= 0.6 is 0 Å². The average molecular weight is 279 g/mol. The average Bonchev–Trinajstić information content (AvgIpc) is 2.40. The van der Waals surface area contributed by atoms with Crippen LogP contribution in [0.2, 0.25) is 0 Å². The number of hydroxylamine groups is 3. The van der Waals surface area contributed by atoms with Gasteiger partial charge in [0.25, 0.3) is 0 Å². The predicted molar refractivity (Wildman–Crippen MR) is 66.0 cm³/mol. The smallest absolute Gasteiger partial charge is 0.313 e. The zero-order chi connectivity index (χ0) is 12.8. The van der Waals surface area contributed by atoms with E-state index >= 15 is 0 Å². The van der Waals surface area contributed by atoms with Crippen molar-refractivity contribution in [1.29, 1.82) is 0 Å². The predicted octanol–water partition coefficient (Wildman–Crippen LogP) is 2.20. The van der Waals surface area contributed by atoms with Gasteiger partial charge in [0.05, 0.1) is 5.56 Å². The molecule has 0 unspecified atom stereocenters. The molecule has 0 atom stereocenters. The molecule has 0 aromatic heterocycles. The third-order valence-corrected chi connectivity index (χ3v) is 3.96. The van der Waals surface area contributed by atoms with Gasteiger partial charge in [0.15, 0.2) is 5.54 Å². The summed E-state index contributed by atoms with van der Waals surface area (Å²) in [6.45, 7) is 7.38. The van der Waals surface area contributed by atoms with E-state index in [9.17, 15) is 10.4 Å². The fourth-order valence-electron chi connectivity index (χ4n) is 1.95. The summed E-state index contributed by atoms with van der Waals surface area (Å²) in [5.41, 5.74) is -0.601. The van der Waals surface area contributed by atoms with Crippen LogP contribution in [0.1, 0.15) is 33.3 Å². The van der Waals surface area contributed by atoms with Gasteiger partial charge in [-0.05, 0) is 39.8 Å². The second kappa shape index (κ2) is 4.78. The molecule has 0 amide bonds. The van der Waals surface area contributed by atoms with Crippen LogP contribution in [-0.2, 0) is 25.8 Å². The summed E-state index contributed by atoms with van der Waals surface area (Å²) in [4.78, 5) is 0. The van der Waals surface area contributed by atoms with Crippen molar-refractivity contribution < 1.29 is 35.8 Å². The van der Waals surface area contributed by atoms with E-state index in [4.69, 9.17) is 0 Å². The number of hydrogen-bond acceptors (Lipinski definition) is 3. The Hall–Kier alpha value is -0.680. The largest absolute Gasteiger partial charge is 0.714 e. The molecule has 0 bridgehead atoms. The van der Waals surface area contributed by atoms with Crippen molar-refractivity contribution in [3.8, 4) is 0 Å². The molecule has 0 saturated carbocycles. The Morgan fingerprint density at radius 1 is 1.11 bits per heavy atom. The van der Waals surface area contributed by atoms with Gasteiger partial charge in [0.1, 0.15) is 5.54 Å². The molecule has 1 aliphatic heterocycles. The van der Waals surface area contributed by atoms with Crippen molar-refractivity contribution in [3.63, 3.8) is 0 Å². The Bertz CT molecular complexity index is 469. The maximum atomic E-state index is 12.3. The quantitative estimate of drug-likeness (QED) is 0.633. The molecule has 0 fully saturated rings. The van der Waals surface area contributed by atoms with Crippen LogP contribution in [0.15, 0.2) is 30.3 Å². The van der Waals surface area contributed by atoms with Crippen molar-refractivity contribution in [3.05, 3.63) is 41.1 Å². The van der Waals surface area contributed by atoms with Gasteiger partial charge in [-0.15, -0.1) is 5.06 Å². The van der Waals surface area contributed by atoms with Crippen LogP contribution in [0.4, 0.5) is 0 Å². The van der Waals surface area contributed by atoms with Crippen LogP contribution in [0, 0.1) is 5.21 Å². The van der Waals surface area contributed by atoms with Crippen LogP contribution < -0.4 is 0 Å². The third-order valence-electron chi connectivity index (χ3n) is 3.96. The van der Waals surface area contributed by atoms with Crippen molar-refractivity contribution in [1.82, 2.24) is 5.06 Å². The van der Waals surface area contributed by atoms with E-state index in [1.54, 1.807) is 0 Å². The normalized spacial score (nSPS) is 20.8. The van der Waals surface area contributed by atoms with Gasteiger partial charge >= 0.3 is 5.84 Å². The number of amidine groups is 1. The molecule has 18 heavy (non-hydrogen) atoms. The number of benzene rings is 1. The maximum Gasteiger partial charge on any atom is 0.313 e. The molecule has 2 rings (SSSR count). The zero-order valence-corrected chi connectivity index (χ0v) is 13.0. The minimum Gasteiger partial charge on any atom is -0.714 e. The molecule has 1 radical (unpaired) electrons. The molecule has 1 aromatic carbocycles. The molecule has 0 saturated heterocycles. The van der Waals surface area contributed by atoms with Gasteiger partial charge in [-0.2, -0.15) is 0 Å². The fourth-order valence-corrected chi connectivity index (χ4v) is 1.95. The van der Waals surface area contributed by atoms with Crippen LogP contribution in [0.25, 0.3) is 0 Å². The van der Waals surface area contributed by atoms with E-state index < -0.39 is 11.1 Å². The molecule has 0 spiro atoms. The van der Waals surface area contributed by atoms with Gasteiger partial charge in [-0.25, -0.2) is 5.21 Å². The van der Waals surface area contributed by atoms with Crippen molar-refractivity contribution in [2.45, 2.75) is 38.8 Å². The Labute approximate surface area is 126 Å². The van der Waals surface area contributed by atoms with Crippen molar-refractivity contribution in [2.24, 2.45) is 0 Å². The number of nitrogens with zero attached hydrogens (tertiary/aromatic N) is 2. The molecule has 1 heterocycles. The number of rotatable bonds is 1. The Morgan fingerprint density at radius 2 is 1.61 bits per heavy atom. The Kier molecular flexibility index (Phi) is 4.08. The molecule has 1 aromatic rings.